The van der Waals surface area contributed by atoms with E-state index in [0.29, 0.717) is 0 Å². The summed E-state index contributed by atoms with van der Waals surface area (Å²) in [6.07, 6.45) is 1.88. The molecule has 2 rings (SSSR count). The molecule has 1 aromatic carbocycles. The van der Waals surface area contributed by atoms with E-state index in [9.17, 15) is 0 Å². The molecule has 0 bridgehead atoms. The van der Waals surface area contributed by atoms with Gasteiger partial charge >= 0.3 is 0 Å². The maximum atomic E-state index is 4.98. The average Bonchev–Trinajstić information content (AvgIpc) is 2.84. The van der Waals surface area contributed by atoms with E-state index in [4.69, 9.17) is 4.74 Å². The third-order valence-corrected chi connectivity index (χ3v) is 2.83. The van der Waals surface area contributed by atoms with Crippen molar-refractivity contribution >= 4 is 0 Å². The summed E-state index contributed by atoms with van der Waals surface area (Å²) in [5.74, 6) is 0.927. The van der Waals surface area contributed by atoms with E-state index in [1.165, 1.54) is 5.56 Å². The number of H-pyrrole nitrogens is 1. The number of imidazole rings is 1. The first kappa shape index (κ1) is 12.8. The second-order valence-electron chi connectivity index (χ2n) is 4.24. The van der Waals surface area contributed by atoms with Crippen molar-refractivity contribution in [2.45, 2.75) is 13.5 Å². The molecule has 4 nitrogen and oxygen atoms in total. The van der Waals surface area contributed by atoms with Crippen LogP contribution in [0.25, 0.3) is 11.4 Å². The van der Waals surface area contributed by atoms with Crippen LogP contribution in [0.2, 0.25) is 0 Å². The van der Waals surface area contributed by atoms with Gasteiger partial charge in [-0.2, -0.15) is 0 Å². The summed E-state index contributed by atoms with van der Waals surface area (Å²) in [7, 11) is 1.70. The molecule has 0 aliphatic heterocycles. The molecule has 0 radical (unpaired) electrons. The molecule has 96 valence electrons. The van der Waals surface area contributed by atoms with Crippen LogP contribution in [-0.2, 0) is 11.3 Å². The number of nitrogens with one attached hydrogen (secondary N) is 2. The topological polar surface area (TPSA) is 49.9 Å². The van der Waals surface area contributed by atoms with Gasteiger partial charge in [-0.3, -0.25) is 0 Å². The minimum atomic E-state index is 0.721. The van der Waals surface area contributed by atoms with Gasteiger partial charge in [0.1, 0.15) is 5.82 Å². The average molecular weight is 245 g/mol. The van der Waals surface area contributed by atoms with Gasteiger partial charge in [-0.15, -0.1) is 0 Å². The van der Waals surface area contributed by atoms with Gasteiger partial charge in [-0.1, -0.05) is 24.3 Å². The van der Waals surface area contributed by atoms with Crippen LogP contribution in [-0.4, -0.2) is 30.2 Å². The van der Waals surface area contributed by atoms with Crippen LogP contribution in [0.4, 0.5) is 0 Å². The van der Waals surface area contributed by atoms with Crippen molar-refractivity contribution in [1.29, 1.82) is 0 Å². The predicted octanol–water partition coefficient (Wildman–Crippen LogP) is 2.12. The van der Waals surface area contributed by atoms with Crippen molar-refractivity contribution in [3.63, 3.8) is 0 Å². The largest absolute Gasteiger partial charge is 0.383 e. The fourth-order valence-electron chi connectivity index (χ4n) is 1.82. The first-order chi connectivity index (χ1) is 8.81. The van der Waals surface area contributed by atoms with Crippen LogP contribution in [0.5, 0.6) is 0 Å². The molecule has 1 heterocycles. The Balaban J connectivity index is 2.00. The molecule has 0 unspecified atom stereocenters. The molecule has 4 heteroatoms. The molecule has 2 N–H and O–H groups in total. The molecule has 0 saturated carbocycles. The van der Waals surface area contributed by atoms with E-state index in [0.717, 1.165) is 36.8 Å². The summed E-state index contributed by atoms with van der Waals surface area (Å²) in [5, 5.41) is 3.29. The highest BCUT2D eigenvalue weighted by molar-refractivity contribution is 5.59. The van der Waals surface area contributed by atoms with Gasteiger partial charge < -0.3 is 15.0 Å². The molecule has 0 spiro atoms. The minimum Gasteiger partial charge on any atom is -0.383 e. The molecule has 0 aliphatic rings. The van der Waals surface area contributed by atoms with Crippen LogP contribution < -0.4 is 5.32 Å². The first-order valence-corrected chi connectivity index (χ1v) is 6.11. The van der Waals surface area contributed by atoms with Crippen molar-refractivity contribution in [3.05, 3.63) is 41.7 Å². The van der Waals surface area contributed by atoms with E-state index >= 15 is 0 Å². The Kier molecular flexibility index (Phi) is 4.50. The van der Waals surface area contributed by atoms with E-state index < -0.39 is 0 Å². The first-order valence-electron chi connectivity index (χ1n) is 6.11. The number of ether oxygens (including phenoxy) is 1. The molecule has 18 heavy (non-hydrogen) atoms. The molecule has 0 amide bonds. The quantitative estimate of drug-likeness (QED) is 0.766. The predicted molar refractivity (Wildman–Crippen MR) is 72.3 cm³/mol. The number of hydrogen-bond donors (Lipinski definition) is 2. The number of aromatic amines is 1. The van der Waals surface area contributed by atoms with E-state index in [-0.39, 0.29) is 0 Å². The van der Waals surface area contributed by atoms with Gasteiger partial charge in [0, 0.05) is 37.7 Å². The van der Waals surface area contributed by atoms with Crippen molar-refractivity contribution in [1.82, 2.24) is 15.3 Å². The lowest BCUT2D eigenvalue weighted by atomic mass is 10.1. The van der Waals surface area contributed by atoms with Crippen molar-refractivity contribution in [2.75, 3.05) is 20.3 Å². The van der Waals surface area contributed by atoms with Gasteiger partial charge in [0.2, 0.25) is 0 Å². The zero-order valence-electron chi connectivity index (χ0n) is 10.9. The number of hydrogen-bond acceptors (Lipinski definition) is 3. The van der Waals surface area contributed by atoms with Crippen molar-refractivity contribution in [3.8, 4) is 11.4 Å². The normalized spacial score (nSPS) is 10.8. The second-order valence-corrected chi connectivity index (χ2v) is 4.24. The van der Waals surface area contributed by atoms with Gasteiger partial charge in [-0.05, 0) is 12.5 Å². The Hall–Kier alpha value is -1.65. The summed E-state index contributed by atoms with van der Waals surface area (Å²) in [6.45, 7) is 4.44. The highest BCUT2D eigenvalue weighted by Crippen LogP contribution is 2.19. The van der Waals surface area contributed by atoms with Gasteiger partial charge in [0.25, 0.3) is 0 Å². The number of aryl methyl sites for hydroxylation is 1. The highest BCUT2D eigenvalue weighted by atomic mass is 16.5. The van der Waals surface area contributed by atoms with Crippen LogP contribution in [0.3, 0.4) is 0 Å². The molecule has 1 aromatic heterocycles. The molecule has 0 saturated heterocycles. The zero-order chi connectivity index (χ0) is 12.8. The number of nitrogens with zero attached hydrogens (tertiary/aromatic N) is 1. The van der Waals surface area contributed by atoms with E-state index in [1.54, 1.807) is 7.11 Å². The Bertz CT molecular complexity index is 493. The van der Waals surface area contributed by atoms with Crippen LogP contribution >= 0.6 is 0 Å². The SMILES string of the molecule is COCCNCc1cnc(-c2ccccc2C)[nH]1. The second kappa shape index (κ2) is 6.33. The van der Waals surface area contributed by atoms with Crippen LogP contribution in [0, 0.1) is 6.92 Å². The van der Waals surface area contributed by atoms with Crippen molar-refractivity contribution < 1.29 is 4.74 Å². The third kappa shape index (κ3) is 3.18. The Labute approximate surface area is 107 Å². The maximum absolute atomic E-state index is 4.98. The third-order valence-electron chi connectivity index (χ3n) is 2.83. The fraction of sp³-hybridized carbons (Fsp3) is 0.357. The van der Waals surface area contributed by atoms with E-state index in [1.807, 2.05) is 18.3 Å². The van der Waals surface area contributed by atoms with Gasteiger partial charge in [-0.25, -0.2) is 4.98 Å². The number of rotatable bonds is 6. The van der Waals surface area contributed by atoms with Gasteiger partial charge in [0.15, 0.2) is 0 Å². The number of benzene rings is 1. The molecule has 0 aliphatic carbocycles. The number of methoxy groups -OCH3 is 1. The Morgan fingerprint density at radius 1 is 1.33 bits per heavy atom. The zero-order valence-corrected chi connectivity index (χ0v) is 10.9. The summed E-state index contributed by atoms with van der Waals surface area (Å²) in [6, 6.07) is 8.24. The summed E-state index contributed by atoms with van der Waals surface area (Å²) in [5.41, 5.74) is 3.47. The highest BCUT2D eigenvalue weighted by Gasteiger charge is 2.05. The van der Waals surface area contributed by atoms with Crippen LogP contribution in [0.15, 0.2) is 30.5 Å². The maximum Gasteiger partial charge on any atom is 0.137 e. The van der Waals surface area contributed by atoms with Crippen LogP contribution in [0.1, 0.15) is 11.3 Å². The van der Waals surface area contributed by atoms with Crippen molar-refractivity contribution in [2.24, 2.45) is 0 Å². The Morgan fingerprint density at radius 3 is 2.94 bits per heavy atom. The molecule has 2 aromatic rings. The molecule has 0 atom stereocenters. The Morgan fingerprint density at radius 2 is 2.17 bits per heavy atom. The smallest absolute Gasteiger partial charge is 0.137 e. The molecular weight excluding hydrogens is 226 g/mol. The summed E-state index contributed by atoms with van der Waals surface area (Å²) < 4.78 is 4.98. The lowest BCUT2D eigenvalue weighted by molar-refractivity contribution is 0.199. The minimum absolute atomic E-state index is 0.721. The van der Waals surface area contributed by atoms with Gasteiger partial charge in [0.05, 0.1) is 6.61 Å². The summed E-state index contributed by atoms with van der Waals surface area (Å²) in [4.78, 5) is 7.75. The standard InChI is InChI=1S/C14H19N3O/c1-11-5-3-4-6-13(11)14-16-10-12(17-14)9-15-7-8-18-2/h3-6,10,15H,7-9H2,1-2H3,(H,16,17). The molecular formula is C14H19N3O. The molecule has 0 fully saturated rings. The van der Waals surface area contributed by atoms with E-state index in [2.05, 4.69) is 34.3 Å². The monoisotopic (exact) mass is 245 g/mol. The lowest BCUT2D eigenvalue weighted by Gasteiger charge is -2.02. The number of aromatic nitrogens is 2. The lowest BCUT2D eigenvalue weighted by Crippen LogP contribution is -2.18. The fourth-order valence-corrected chi connectivity index (χ4v) is 1.82. The summed E-state index contributed by atoms with van der Waals surface area (Å²) >= 11 is 0.